The molecule has 5 nitrogen and oxygen atoms in total. The number of aliphatic hydroxyl groups is 1. The number of morpholine rings is 1. The number of aliphatic hydroxyl groups excluding tert-OH is 1. The molecule has 0 amide bonds. The van der Waals surface area contributed by atoms with Crippen LogP contribution in [0.1, 0.15) is 36.5 Å². The van der Waals surface area contributed by atoms with Crippen LogP contribution in [0.3, 0.4) is 0 Å². The molecule has 1 aromatic rings. The molecule has 1 saturated heterocycles. The molecule has 1 aromatic carbocycles. The van der Waals surface area contributed by atoms with Crippen molar-refractivity contribution >= 4 is 5.96 Å². The Kier molecular flexibility index (Phi) is 6.26. The van der Waals surface area contributed by atoms with Gasteiger partial charge in [-0.05, 0) is 30.5 Å². The highest BCUT2D eigenvalue weighted by Gasteiger charge is 2.32. The van der Waals surface area contributed by atoms with E-state index in [2.05, 4.69) is 10.3 Å². The maximum atomic E-state index is 13.0. The number of guanidine groups is 1. The molecule has 27 heavy (non-hydrogen) atoms. The molecule has 0 radical (unpaired) electrons. The number of nitrogens with one attached hydrogen (secondary N) is 1. The molecule has 0 spiro atoms. The van der Waals surface area contributed by atoms with E-state index in [9.17, 15) is 18.3 Å². The van der Waals surface area contributed by atoms with Crippen LogP contribution in [-0.2, 0) is 10.9 Å². The van der Waals surface area contributed by atoms with Gasteiger partial charge in [0, 0.05) is 26.1 Å². The summed E-state index contributed by atoms with van der Waals surface area (Å²) in [4.78, 5) is 6.29. The van der Waals surface area contributed by atoms with Crippen molar-refractivity contribution in [3.8, 4) is 0 Å². The summed E-state index contributed by atoms with van der Waals surface area (Å²) >= 11 is 0. The molecular formula is C19H26F3N3O2. The number of alkyl halides is 3. The van der Waals surface area contributed by atoms with Gasteiger partial charge in [0.25, 0.3) is 0 Å². The normalized spacial score (nSPS) is 27.1. The fourth-order valence-electron chi connectivity index (χ4n) is 3.77. The van der Waals surface area contributed by atoms with Gasteiger partial charge in [-0.15, -0.1) is 0 Å². The predicted octanol–water partition coefficient (Wildman–Crippen LogP) is 2.82. The summed E-state index contributed by atoms with van der Waals surface area (Å²) < 4.78 is 44.6. The Morgan fingerprint density at radius 3 is 2.85 bits per heavy atom. The van der Waals surface area contributed by atoms with Gasteiger partial charge < -0.3 is 20.1 Å². The lowest BCUT2D eigenvalue weighted by Crippen LogP contribution is -2.49. The van der Waals surface area contributed by atoms with Crippen LogP contribution in [0.4, 0.5) is 13.2 Å². The summed E-state index contributed by atoms with van der Waals surface area (Å²) in [6.07, 6.45) is -2.25. The van der Waals surface area contributed by atoms with Gasteiger partial charge in [-0.25, -0.2) is 0 Å². The Hall–Kier alpha value is -1.80. The lowest BCUT2D eigenvalue weighted by molar-refractivity contribution is -0.137. The Labute approximate surface area is 157 Å². The maximum absolute atomic E-state index is 13.0. The second-order valence-corrected chi connectivity index (χ2v) is 7.12. The minimum Gasteiger partial charge on any atom is -0.393 e. The number of nitrogens with zero attached hydrogens (tertiary/aromatic N) is 2. The quantitative estimate of drug-likeness (QED) is 0.621. The van der Waals surface area contributed by atoms with Gasteiger partial charge in [0.2, 0.25) is 0 Å². The summed E-state index contributed by atoms with van der Waals surface area (Å²) in [5.74, 6) is 0.899. The van der Waals surface area contributed by atoms with Crippen molar-refractivity contribution in [3.05, 3.63) is 35.4 Å². The van der Waals surface area contributed by atoms with Crippen LogP contribution in [0.25, 0.3) is 0 Å². The molecule has 3 unspecified atom stereocenters. The zero-order chi connectivity index (χ0) is 19.4. The first kappa shape index (κ1) is 19.9. The van der Waals surface area contributed by atoms with E-state index in [1.54, 1.807) is 13.1 Å². The molecule has 150 valence electrons. The molecule has 3 atom stereocenters. The number of halogens is 3. The largest absolute Gasteiger partial charge is 0.416 e. The van der Waals surface area contributed by atoms with E-state index < -0.39 is 17.8 Å². The van der Waals surface area contributed by atoms with E-state index in [1.807, 2.05) is 4.90 Å². The van der Waals surface area contributed by atoms with Crippen LogP contribution in [0.15, 0.2) is 29.3 Å². The van der Waals surface area contributed by atoms with Gasteiger partial charge in [0.05, 0.1) is 24.8 Å². The van der Waals surface area contributed by atoms with Crippen LogP contribution < -0.4 is 5.32 Å². The SMILES string of the molecule is CN=C(NCC1CCCC1O)N1CCOC(c2cccc(C(F)(F)F)c2)C1. The minimum atomic E-state index is -4.37. The van der Waals surface area contributed by atoms with Crippen molar-refractivity contribution in [1.82, 2.24) is 10.2 Å². The van der Waals surface area contributed by atoms with Gasteiger partial charge in [-0.3, -0.25) is 4.99 Å². The molecule has 2 fully saturated rings. The number of hydrogen-bond donors (Lipinski definition) is 2. The highest BCUT2D eigenvalue weighted by molar-refractivity contribution is 5.80. The molecule has 1 heterocycles. The third-order valence-electron chi connectivity index (χ3n) is 5.30. The van der Waals surface area contributed by atoms with E-state index >= 15 is 0 Å². The van der Waals surface area contributed by atoms with E-state index in [4.69, 9.17) is 4.74 Å². The van der Waals surface area contributed by atoms with Crippen molar-refractivity contribution in [2.75, 3.05) is 33.3 Å². The first-order valence-electron chi connectivity index (χ1n) is 9.31. The van der Waals surface area contributed by atoms with Crippen molar-refractivity contribution in [2.45, 2.75) is 37.6 Å². The van der Waals surface area contributed by atoms with Crippen LogP contribution in [-0.4, -0.2) is 55.4 Å². The Balaban J connectivity index is 1.64. The Morgan fingerprint density at radius 1 is 1.37 bits per heavy atom. The number of benzene rings is 1. The van der Waals surface area contributed by atoms with Crippen molar-refractivity contribution in [2.24, 2.45) is 10.9 Å². The molecule has 0 bridgehead atoms. The summed E-state index contributed by atoms with van der Waals surface area (Å²) in [5, 5.41) is 13.3. The highest BCUT2D eigenvalue weighted by Crippen LogP contribution is 2.32. The molecule has 2 N–H and O–H groups in total. The van der Waals surface area contributed by atoms with Gasteiger partial charge in [0.1, 0.15) is 6.10 Å². The molecule has 0 aromatic heterocycles. The van der Waals surface area contributed by atoms with E-state index in [0.29, 0.717) is 37.8 Å². The van der Waals surface area contributed by atoms with Crippen molar-refractivity contribution in [1.29, 1.82) is 0 Å². The van der Waals surface area contributed by atoms with Crippen LogP contribution in [0, 0.1) is 5.92 Å². The third-order valence-corrected chi connectivity index (χ3v) is 5.30. The lowest BCUT2D eigenvalue weighted by atomic mass is 10.0. The molecule has 3 rings (SSSR count). The standard InChI is InChI=1S/C19H26F3N3O2/c1-23-18(24-11-14-5-3-7-16(14)26)25-8-9-27-17(12-25)13-4-2-6-15(10-13)19(20,21)22/h2,4,6,10,14,16-17,26H,3,5,7-9,11-12H2,1H3,(H,23,24). The van der Waals surface area contributed by atoms with E-state index in [0.717, 1.165) is 31.4 Å². The Morgan fingerprint density at radius 2 is 2.19 bits per heavy atom. The van der Waals surface area contributed by atoms with Gasteiger partial charge in [0.15, 0.2) is 5.96 Å². The first-order chi connectivity index (χ1) is 12.9. The lowest BCUT2D eigenvalue weighted by Gasteiger charge is -2.36. The van der Waals surface area contributed by atoms with Gasteiger partial charge >= 0.3 is 6.18 Å². The fraction of sp³-hybridized carbons (Fsp3) is 0.632. The smallest absolute Gasteiger partial charge is 0.393 e. The first-order valence-corrected chi connectivity index (χ1v) is 9.31. The fourth-order valence-corrected chi connectivity index (χ4v) is 3.77. The van der Waals surface area contributed by atoms with Crippen LogP contribution in [0.5, 0.6) is 0 Å². The zero-order valence-corrected chi connectivity index (χ0v) is 15.4. The maximum Gasteiger partial charge on any atom is 0.416 e. The zero-order valence-electron chi connectivity index (χ0n) is 15.4. The average molecular weight is 385 g/mol. The highest BCUT2D eigenvalue weighted by atomic mass is 19.4. The average Bonchev–Trinajstić information content (AvgIpc) is 3.07. The summed E-state index contributed by atoms with van der Waals surface area (Å²) in [5.41, 5.74) is -0.158. The summed E-state index contributed by atoms with van der Waals surface area (Å²) in [7, 11) is 1.68. The molecule has 2 aliphatic rings. The van der Waals surface area contributed by atoms with Crippen molar-refractivity contribution < 1.29 is 23.0 Å². The molecule has 1 aliphatic carbocycles. The second-order valence-electron chi connectivity index (χ2n) is 7.12. The number of aliphatic imine (C=N–C) groups is 1. The third kappa shape index (κ3) is 4.93. The van der Waals surface area contributed by atoms with Gasteiger partial charge in [-0.2, -0.15) is 13.2 Å². The Bertz CT molecular complexity index is 666. The van der Waals surface area contributed by atoms with E-state index in [1.165, 1.54) is 6.07 Å². The van der Waals surface area contributed by atoms with Gasteiger partial charge in [-0.1, -0.05) is 18.6 Å². The van der Waals surface area contributed by atoms with Crippen molar-refractivity contribution in [3.63, 3.8) is 0 Å². The summed E-state index contributed by atoms with van der Waals surface area (Å²) in [6.45, 7) is 2.09. The number of ether oxygens (including phenoxy) is 1. The monoisotopic (exact) mass is 385 g/mol. The molecule has 8 heteroatoms. The van der Waals surface area contributed by atoms with Crippen LogP contribution >= 0.6 is 0 Å². The number of rotatable bonds is 3. The second kappa shape index (κ2) is 8.48. The predicted molar refractivity (Wildman–Crippen MR) is 96.4 cm³/mol. The minimum absolute atomic E-state index is 0.210. The molecule has 1 saturated carbocycles. The molecular weight excluding hydrogens is 359 g/mol. The van der Waals surface area contributed by atoms with E-state index in [-0.39, 0.29) is 12.0 Å². The number of hydrogen-bond acceptors (Lipinski definition) is 3. The van der Waals surface area contributed by atoms with Crippen LogP contribution in [0.2, 0.25) is 0 Å². The topological polar surface area (TPSA) is 57.1 Å². The summed E-state index contributed by atoms with van der Waals surface area (Å²) in [6, 6.07) is 5.29. The molecule has 1 aliphatic heterocycles.